The van der Waals surface area contributed by atoms with Gasteiger partial charge in [-0.15, -0.1) is 0 Å². The first-order valence-corrected chi connectivity index (χ1v) is 17.8. The molecule has 0 radical (unpaired) electrons. The van der Waals surface area contributed by atoms with Crippen LogP contribution in [-0.4, -0.2) is 14.0 Å². The SMILES string of the molecule is CC1(C)c2ccccc2-c2c3c1cccc3cc1c3ccccc3n(-c3ccc4c(c3)c3ccc5ccccc5c3c3nc5ccccc5n43)c21. The molecule has 0 fully saturated rings. The van der Waals surface area contributed by atoms with Crippen LogP contribution >= 0.6 is 0 Å². The second-order valence-corrected chi connectivity index (χ2v) is 14.7. The minimum Gasteiger partial charge on any atom is -0.309 e. The second kappa shape index (κ2) is 9.41. The summed E-state index contributed by atoms with van der Waals surface area (Å²) in [6, 6.07) is 56.1. The summed E-state index contributed by atoms with van der Waals surface area (Å²) in [6.45, 7) is 4.75. The van der Waals surface area contributed by atoms with Crippen LogP contribution < -0.4 is 0 Å². The Bertz CT molecular complexity index is 3340. The number of hydrogen-bond acceptors (Lipinski definition) is 1. The fourth-order valence-corrected chi connectivity index (χ4v) is 9.59. The molecule has 0 N–H and O–H groups in total. The minimum atomic E-state index is -0.114. The van der Waals surface area contributed by atoms with E-state index in [1.165, 1.54) is 81.8 Å². The number of benzene rings is 8. The predicted octanol–water partition coefficient (Wildman–Crippen LogP) is 12.5. The van der Waals surface area contributed by atoms with Crippen molar-refractivity contribution in [1.82, 2.24) is 14.0 Å². The molecule has 0 unspecified atom stereocenters. The van der Waals surface area contributed by atoms with Crippen LogP contribution in [0, 0.1) is 0 Å². The van der Waals surface area contributed by atoms with Crippen molar-refractivity contribution in [3.05, 3.63) is 163 Å². The van der Waals surface area contributed by atoms with E-state index in [9.17, 15) is 0 Å². The number of rotatable bonds is 1. The number of para-hydroxylation sites is 3. The molecule has 238 valence electrons. The van der Waals surface area contributed by atoms with Gasteiger partial charge in [0.15, 0.2) is 0 Å². The first kappa shape index (κ1) is 27.4. The summed E-state index contributed by atoms with van der Waals surface area (Å²) in [5.74, 6) is 0. The van der Waals surface area contributed by atoms with Crippen LogP contribution in [0.15, 0.2) is 152 Å². The van der Waals surface area contributed by atoms with E-state index < -0.39 is 0 Å². The highest BCUT2D eigenvalue weighted by atomic mass is 15.0. The number of pyridine rings is 1. The molecule has 51 heavy (non-hydrogen) atoms. The largest absolute Gasteiger partial charge is 0.309 e. The Hall–Kier alpha value is -6.45. The van der Waals surface area contributed by atoms with Gasteiger partial charge in [0.2, 0.25) is 0 Å². The third-order valence-electron chi connectivity index (χ3n) is 11.8. The normalized spacial score (nSPS) is 13.8. The Labute approximate surface area is 293 Å². The number of nitrogens with zero attached hydrogens (tertiary/aromatic N) is 3. The first-order chi connectivity index (χ1) is 25.1. The highest BCUT2D eigenvalue weighted by Gasteiger charge is 2.35. The zero-order chi connectivity index (χ0) is 33.6. The first-order valence-electron chi connectivity index (χ1n) is 17.8. The lowest BCUT2D eigenvalue weighted by molar-refractivity contribution is 0.645. The topological polar surface area (TPSA) is 22.2 Å². The van der Waals surface area contributed by atoms with E-state index in [1.807, 2.05) is 0 Å². The summed E-state index contributed by atoms with van der Waals surface area (Å²) in [5, 5.41) is 11.3. The lowest BCUT2D eigenvalue weighted by Crippen LogP contribution is -2.23. The van der Waals surface area contributed by atoms with E-state index >= 15 is 0 Å². The Morgan fingerprint density at radius 1 is 0.490 bits per heavy atom. The molecule has 3 nitrogen and oxygen atoms in total. The molecular weight excluding hydrogens is 619 g/mol. The molecule has 0 aliphatic heterocycles. The summed E-state index contributed by atoms with van der Waals surface area (Å²) in [7, 11) is 0. The van der Waals surface area contributed by atoms with Gasteiger partial charge < -0.3 is 4.57 Å². The smallest absolute Gasteiger partial charge is 0.147 e. The fraction of sp³-hybridized carbons (Fsp3) is 0.0625. The molecule has 0 saturated carbocycles. The average molecular weight is 650 g/mol. The minimum absolute atomic E-state index is 0.114. The van der Waals surface area contributed by atoms with Gasteiger partial charge in [0.05, 0.1) is 27.6 Å². The number of aromatic nitrogens is 3. The van der Waals surface area contributed by atoms with Gasteiger partial charge in [-0.05, 0) is 86.1 Å². The summed E-state index contributed by atoms with van der Waals surface area (Å²) in [6.07, 6.45) is 0. The molecule has 1 aliphatic carbocycles. The quantitative estimate of drug-likeness (QED) is 0.162. The van der Waals surface area contributed by atoms with Crippen molar-refractivity contribution in [2.75, 3.05) is 0 Å². The lowest BCUT2D eigenvalue weighted by Gasteiger charge is -2.35. The van der Waals surface area contributed by atoms with E-state index in [2.05, 4.69) is 174 Å². The van der Waals surface area contributed by atoms with E-state index in [1.54, 1.807) is 0 Å². The average Bonchev–Trinajstić information content (AvgIpc) is 3.72. The monoisotopic (exact) mass is 649 g/mol. The van der Waals surface area contributed by atoms with Crippen molar-refractivity contribution in [3.63, 3.8) is 0 Å². The Balaban J connectivity index is 1.29. The van der Waals surface area contributed by atoms with Gasteiger partial charge in [-0.25, -0.2) is 4.98 Å². The van der Waals surface area contributed by atoms with Crippen LogP contribution in [0.25, 0.3) is 98.5 Å². The summed E-state index contributed by atoms with van der Waals surface area (Å²) >= 11 is 0. The highest BCUT2D eigenvalue weighted by Crippen LogP contribution is 2.53. The maximum absolute atomic E-state index is 5.25. The van der Waals surface area contributed by atoms with Crippen LogP contribution in [0.5, 0.6) is 0 Å². The summed E-state index contributed by atoms with van der Waals surface area (Å²) < 4.78 is 4.91. The molecule has 11 aromatic rings. The van der Waals surface area contributed by atoms with Crippen molar-refractivity contribution in [2.24, 2.45) is 0 Å². The van der Waals surface area contributed by atoms with Crippen molar-refractivity contribution >= 4 is 81.7 Å². The molecule has 3 heterocycles. The van der Waals surface area contributed by atoms with Gasteiger partial charge in [0, 0.05) is 38.2 Å². The van der Waals surface area contributed by atoms with Crippen LogP contribution in [-0.2, 0) is 5.41 Å². The molecule has 0 spiro atoms. The van der Waals surface area contributed by atoms with Crippen LogP contribution in [0.1, 0.15) is 25.0 Å². The van der Waals surface area contributed by atoms with Crippen molar-refractivity contribution in [3.8, 4) is 16.8 Å². The molecule has 0 amide bonds. The number of imidazole rings is 1. The molecule has 3 aromatic heterocycles. The van der Waals surface area contributed by atoms with Crippen molar-refractivity contribution < 1.29 is 0 Å². The molecular formula is C48H31N3. The van der Waals surface area contributed by atoms with Crippen LogP contribution in [0.2, 0.25) is 0 Å². The van der Waals surface area contributed by atoms with Gasteiger partial charge in [-0.1, -0.05) is 123 Å². The third kappa shape index (κ3) is 3.36. The highest BCUT2D eigenvalue weighted by molar-refractivity contribution is 6.25. The fourth-order valence-electron chi connectivity index (χ4n) is 9.59. The van der Waals surface area contributed by atoms with Gasteiger partial charge >= 0.3 is 0 Å². The number of hydrogen-bond donors (Lipinski definition) is 0. The molecule has 12 rings (SSSR count). The molecule has 0 bridgehead atoms. The second-order valence-electron chi connectivity index (χ2n) is 14.7. The van der Waals surface area contributed by atoms with Crippen molar-refractivity contribution in [2.45, 2.75) is 19.3 Å². The molecule has 0 saturated heterocycles. The van der Waals surface area contributed by atoms with E-state index in [0.29, 0.717) is 0 Å². The van der Waals surface area contributed by atoms with E-state index in [-0.39, 0.29) is 5.41 Å². The van der Waals surface area contributed by atoms with Crippen LogP contribution in [0.4, 0.5) is 0 Å². The Morgan fingerprint density at radius 2 is 1.24 bits per heavy atom. The van der Waals surface area contributed by atoms with Gasteiger partial charge in [0.1, 0.15) is 5.65 Å². The van der Waals surface area contributed by atoms with Crippen molar-refractivity contribution in [1.29, 1.82) is 0 Å². The zero-order valence-electron chi connectivity index (χ0n) is 28.3. The summed E-state index contributed by atoms with van der Waals surface area (Å²) in [4.78, 5) is 5.25. The maximum Gasteiger partial charge on any atom is 0.147 e. The molecule has 1 aliphatic rings. The maximum atomic E-state index is 5.25. The van der Waals surface area contributed by atoms with E-state index in [4.69, 9.17) is 4.98 Å². The summed E-state index contributed by atoms with van der Waals surface area (Å²) in [5.41, 5.74) is 13.2. The molecule has 3 heteroatoms. The van der Waals surface area contributed by atoms with Gasteiger partial charge in [-0.2, -0.15) is 0 Å². The Kier molecular flexibility index (Phi) is 5.05. The predicted molar refractivity (Wildman–Crippen MR) is 215 cm³/mol. The van der Waals surface area contributed by atoms with Gasteiger partial charge in [0.25, 0.3) is 0 Å². The molecule has 8 aromatic carbocycles. The Morgan fingerprint density at radius 3 is 2.16 bits per heavy atom. The third-order valence-corrected chi connectivity index (χ3v) is 11.8. The van der Waals surface area contributed by atoms with Crippen LogP contribution in [0.3, 0.4) is 0 Å². The van der Waals surface area contributed by atoms with Gasteiger partial charge in [-0.3, -0.25) is 4.40 Å². The lowest BCUT2D eigenvalue weighted by atomic mass is 9.68. The molecule has 0 atom stereocenters. The van der Waals surface area contributed by atoms with E-state index in [0.717, 1.165) is 27.9 Å². The zero-order valence-corrected chi connectivity index (χ0v) is 28.3. The standard InChI is InChI=1S/C48H31N3/c1-48(2)37-17-7-5-16-34(37)45-43-29(13-11-18-38(43)48)26-36-32-15-6-9-20-40(32)50(46(36)45)30-23-25-41-35(27-30)33-24-22-28-12-3-4-14-31(28)44(33)47-49-39-19-8-10-21-42(39)51(41)47/h3-27H,1-2H3. The number of fused-ring (bicyclic) bond motifs is 16.